The van der Waals surface area contributed by atoms with Crippen LogP contribution in [0.15, 0.2) is 4.42 Å². The number of β-amino-alcohol motifs (C(OH)–C–C–N with tert-alkyl or cyclic N) is 1. The summed E-state index contributed by atoms with van der Waals surface area (Å²) >= 11 is 0. The molecule has 2 unspecified atom stereocenters. The Hall–Kier alpha value is -0.980. The number of nitrogens with zero attached hydrogens (tertiary/aromatic N) is 3. The molecule has 1 fully saturated rings. The highest BCUT2D eigenvalue weighted by Crippen LogP contribution is 2.10. The zero-order valence-electron chi connectivity index (χ0n) is 8.97. The lowest BCUT2D eigenvalue weighted by Gasteiger charge is -2.24. The molecule has 0 amide bonds. The molecule has 1 saturated heterocycles. The van der Waals surface area contributed by atoms with Crippen molar-refractivity contribution in [2.24, 2.45) is 0 Å². The first kappa shape index (κ1) is 10.5. The smallest absolute Gasteiger partial charge is 0.230 e. The van der Waals surface area contributed by atoms with Crippen LogP contribution in [0.2, 0.25) is 0 Å². The second-order valence-electron chi connectivity index (χ2n) is 3.92. The lowest BCUT2D eigenvalue weighted by molar-refractivity contribution is 0.0903. The molecule has 0 spiro atoms. The van der Waals surface area contributed by atoms with E-state index in [0.29, 0.717) is 24.9 Å². The summed E-state index contributed by atoms with van der Waals surface area (Å²) in [5, 5.41) is 20.5. The molecule has 1 aromatic rings. The molecule has 0 aliphatic carbocycles. The standard InChI is InChI=1S/C9H16N4O2/c1-6-11-12-9(15-6)5-13(2)7-3-10-4-8(7)14/h7-8,10,14H,3-5H2,1-2H3. The average molecular weight is 212 g/mol. The van der Waals surface area contributed by atoms with E-state index < -0.39 is 0 Å². The summed E-state index contributed by atoms with van der Waals surface area (Å²) in [5.74, 6) is 1.16. The number of hydrogen-bond donors (Lipinski definition) is 2. The van der Waals surface area contributed by atoms with Gasteiger partial charge in [-0.3, -0.25) is 4.90 Å². The zero-order chi connectivity index (χ0) is 10.8. The van der Waals surface area contributed by atoms with Crippen LogP contribution in [-0.4, -0.2) is 52.5 Å². The fourth-order valence-electron chi connectivity index (χ4n) is 1.83. The zero-order valence-corrected chi connectivity index (χ0v) is 8.97. The van der Waals surface area contributed by atoms with Gasteiger partial charge in [-0.1, -0.05) is 0 Å². The maximum atomic E-state index is 9.67. The number of likely N-dealkylation sites (N-methyl/N-ethyl adjacent to an activating group) is 1. The van der Waals surface area contributed by atoms with Crippen LogP contribution in [0.5, 0.6) is 0 Å². The first-order chi connectivity index (χ1) is 7.16. The van der Waals surface area contributed by atoms with Crippen molar-refractivity contribution in [3.05, 3.63) is 11.8 Å². The summed E-state index contributed by atoms with van der Waals surface area (Å²) in [7, 11) is 1.94. The predicted molar refractivity (Wildman–Crippen MR) is 53.2 cm³/mol. The first-order valence-corrected chi connectivity index (χ1v) is 5.05. The Kier molecular flexibility index (Phi) is 2.99. The van der Waals surface area contributed by atoms with Crippen LogP contribution in [0, 0.1) is 6.92 Å². The van der Waals surface area contributed by atoms with Crippen LogP contribution < -0.4 is 5.32 Å². The van der Waals surface area contributed by atoms with Gasteiger partial charge in [-0.25, -0.2) is 0 Å². The Bertz CT molecular complexity index is 328. The van der Waals surface area contributed by atoms with Crippen molar-refractivity contribution in [1.82, 2.24) is 20.4 Å². The van der Waals surface area contributed by atoms with E-state index in [9.17, 15) is 5.11 Å². The first-order valence-electron chi connectivity index (χ1n) is 5.05. The number of nitrogens with one attached hydrogen (secondary N) is 1. The largest absolute Gasteiger partial charge is 0.424 e. The van der Waals surface area contributed by atoms with E-state index in [-0.39, 0.29) is 12.1 Å². The molecule has 1 aliphatic rings. The second-order valence-corrected chi connectivity index (χ2v) is 3.92. The monoisotopic (exact) mass is 212 g/mol. The number of hydrogen-bond acceptors (Lipinski definition) is 6. The number of aromatic nitrogens is 2. The fourth-order valence-corrected chi connectivity index (χ4v) is 1.83. The molecule has 84 valence electrons. The van der Waals surface area contributed by atoms with Crippen molar-refractivity contribution in [3.8, 4) is 0 Å². The highest BCUT2D eigenvalue weighted by atomic mass is 16.4. The maximum Gasteiger partial charge on any atom is 0.230 e. The average Bonchev–Trinajstić information content (AvgIpc) is 2.75. The quantitative estimate of drug-likeness (QED) is 0.679. The van der Waals surface area contributed by atoms with Crippen molar-refractivity contribution in [1.29, 1.82) is 0 Å². The van der Waals surface area contributed by atoms with Crippen LogP contribution >= 0.6 is 0 Å². The van der Waals surface area contributed by atoms with Crippen LogP contribution in [0.3, 0.4) is 0 Å². The Balaban J connectivity index is 1.94. The van der Waals surface area contributed by atoms with E-state index in [4.69, 9.17) is 4.42 Å². The van der Waals surface area contributed by atoms with Gasteiger partial charge in [0.2, 0.25) is 11.8 Å². The summed E-state index contributed by atoms with van der Waals surface area (Å²) in [6.07, 6.45) is -0.320. The molecule has 15 heavy (non-hydrogen) atoms. The molecule has 2 N–H and O–H groups in total. The summed E-state index contributed by atoms with van der Waals surface area (Å²) in [6, 6.07) is 0.122. The SMILES string of the molecule is Cc1nnc(CN(C)C2CNCC2O)o1. The fraction of sp³-hybridized carbons (Fsp3) is 0.778. The van der Waals surface area contributed by atoms with Crippen LogP contribution in [0.1, 0.15) is 11.8 Å². The normalized spacial score (nSPS) is 26.4. The van der Waals surface area contributed by atoms with E-state index in [1.54, 1.807) is 6.92 Å². The van der Waals surface area contributed by atoms with Gasteiger partial charge in [0.1, 0.15) is 0 Å². The Morgan fingerprint density at radius 3 is 2.87 bits per heavy atom. The van der Waals surface area contributed by atoms with Crippen molar-refractivity contribution in [2.75, 3.05) is 20.1 Å². The molecule has 0 aromatic carbocycles. The third-order valence-electron chi connectivity index (χ3n) is 2.67. The minimum absolute atomic E-state index is 0.122. The Morgan fingerprint density at radius 1 is 1.53 bits per heavy atom. The highest BCUT2D eigenvalue weighted by molar-refractivity contribution is 4.89. The summed E-state index contributed by atoms with van der Waals surface area (Å²) in [4.78, 5) is 2.03. The third-order valence-corrected chi connectivity index (χ3v) is 2.67. The number of aryl methyl sites for hydroxylation is 1. The molecule has 1 aromatic heterocycles. The van der Waals surface area contributed by atoms with Gasteiger partial charge in [-0.15, -0.1) is 10.2 Å². The molecular weight excluding hydrogens is 196 g/mol. The van der Waals surface area contributed by atoms with Gasteiger partial charge in [-0.2, -0.15) is 0 Å². The van der Waals surface area contributed by atoms with Crippen molar-refractivity contribution < 1.29 is 9.52 Å². The maximum absolute atomic E-state index is 9.67. The van der Waals surface area contributed by atoms with Gasteiger partial charge < -0.3 is 14.8 Å². The van der Waals surface area contributed by atoms with E-state index in [1.807, 2.05) is 11.9 Å². The topological polar surface area (TPSA) is 74.4 Å². The van der Waals surface area contributed by atoms with Crippen LogP contribution in [0.25, 0.3) is 0 Å². The van der Waals surface area contributed by atoms with Crippen molar-refractivity contribution in [2.45, 2.75) is 25.6 Å². The molecule has 2 heterocycles. The summed E-state index contributed by atoms with van der Waals surface area (Å²) < 4.78 is 5.28. The van der Waals surface area contributed by atoms with Gasteiger partial charge >= 0.3 is 0 Å². The number of rotatable bonds is 3. The summed E-state index contributed by atoms with van der Waals surface area (Å²) in [6.45, 7) is 3.79. The molecule has 2 rings (SSSR count). The minimum Gasteiger partial charge on any atom is -0.424 e. The lowest BCUT2D eigenvalue weighted by atomic mass is 10.2. The van der Waals surface area contributed by atoms with E-state index in [1.165, 1.54) is 0 Å². The van der Waals surface area contributed by atoms with Gasteiger partial charge in [0.05, 0.1) is 12.6 Å². The van der Waals surface area contributed by atoms with Gasteiger partial charge in [0.15, 0.2) is 0 Å². The van der Waals surface area contributed by atoms with E-state index in [2.05, 4.69) is 15.5 Å². The lowest BCUT2D eigenvalue weighted by Crippen LogP contribution is -2.40. The van der Waals surface area contributed by atoms with Gasteiger partial charge in [0, 0.05) is 26.1 Å². The number of aliphatic hydroxyl groups excluding tert-OH is 1. The minimum atomic E-state index is -0.320. The molecule has 2 atom stereocenters. The Labute approximate surface area is 88.3 Å². The van der Waals surface area contributed by atoms with Crippen LogP contribution in [0.4, 0.5) is 0 Å². The third kappa shape index (κ3) is 2.34. The molecule has 0 saturated carbocycles. The van der Waals surface area contributed by atoms with E-state index >= 15 is 0 Å². The second kappa shape index (κ2) is 4.26. The highest BCUT2D eigenvalue weighted by Gasteiger charge is 2.29. The molecule has 6 heteroatoms. The number of aliphatic hydroxyl groups is 1. The Morgan fingerprint density at radius 2 is 2.33 bits per heavy atom. The van der Waals surface area contributed by atoms with E-state index in [0.717, 1.165) is 6.54 Å². The van der Waals surface area contributed by atoms with Crippen molar-refractivity contribution >= 4 is 0 Å². The predicted octanol–water partition coefficient (Wildman–Crippen LogP) is -0.857. The molecule has 0 radical (unpaired) electrons. The van der Waals surface area contributed by atoms with Gasteiger partial charge in [0.25, 0.3) is 0 Å². The van der Waals surface area contributed by atoms with Gasteiger partial charge in [-0.05, 0) is 7.05 Å². The molecule has 0 bridgehead atoms. The molecule has 6 nitrogen and oxygen atoms in total. The summed E-state index contributed by atoms with van der Waals surface area (Å²) in [5.41, 5.74) is 0. The molecule has 1 aliphatic heterocycles. The van der Waals surface area contributed by atoms with Crippen LogP contribution in [-0.2, 0) is 6.54 Å². The van der Waals surface area contributed by atoms with Crippen molar-refractivity contribution in [3.63, 3.8) is 0 Å². The molecular formula is C9H16N4O2.